The SMILES string of the molecule is CCCC(O)C(CC)CO.OC1CCC1O. The van der Waals surface area contributed by atoms with E-state index in [2.05, 4.69) is 0 Å². The molecule has 16 heavy (non-hydrogen) atoms. The van der Waals surface area contributed by atoms with Crippen LogP contribution in [0, 0.1) is 5.92 Å². The van der Waals surface area contributed by atoms with Gasteiger partial charge >= 0.3 is 0 Å². The fraction of sp³-hybridized carbons (Fsp3) is 1.00. The van der Waals surface area contributed by atoms with Crippen molar-refractivity contribution in [3.63, 3.8) is 0 Å². The molecule has 0 aromatic rings. The highest BCUT2D eigenvalue weighted by Crippen LogP contribution is 2.18. The number of hydrogen-bond acceptors (Lipinski definition) is 4. The van der Waals surface area contributed by atoms with Crippen molar-refractivity contribution in [2.24, 2.45) is 5.92 Å². The summed E-state index contributed by atoms with van der Waals surface area (Å²) in [6.45, 7) is 4.13. The highest BCUT2D eigenvalue weighted by Gasteiger charge is 2.25. The Morgan fingerprint density at radius 3 is 1.81 bits per heavy atom. The van der Waals surface area contributed by atoms with Gasteiger partial charge in [0.05, 0.1) is 18.3 Å². The van der Waals surface area contributed by atoms with Gasteiger partial charge in [0.2, 0.25) is 0 Å². The third-order valence-electron chi connectivity index (χ3n) is 3.09. The summed E-state index contributed by atoms with van der Waals surface area (Å²) in [5.74, 6) is 0.0833. The van der Waals surface area contributed by atoms with Crippen LogP contribution in [0.1, 0.15) is 46.0 Å². The lowest BCUT2D eigenvalue weighted by Gasteiger charge is -2.26. The molecule has 4 N–H and O–H groups in total. The van der Waals surface area contributed by atoms with E-state index in [9.17, 15) is 5.11 Å². The molecular formula is C12H26O4. The number of rotatable bonds is 5. The fourth-order valence-electron chi connectivity index (χ4n) is 1.52. The molecular weight excluding hydrogens is 208 g/mol. The molecule has 4 heteroatoms. The molecule has 4 atom stereocenters. The molecule has 1 aliphatic rings. The summed E-state index contributed by atoms with van der Waals surface area (Å²) < 4.78 is 0. The molecule has 0 heterocycles. The summed E-state index contributed by atoms with van der Waals surface area (Å²) in [5.41, 5.74) is 0. The maximum Gasteiger partial charge on any atom is 0.0800 e. The van der Waals surface area contributed by atoms with Gasteiger partial charge < -0.3 is 20.4 Å². The standard InChI is InChI=1S/C8H18O2.C4H8O2/c1-3-5-8(10)7(4-2)6-9;5-3-1-2-4(3)6/h7-10H,3-6H2,1-2H3;3-6H,1-2H2. The predicted molar refractivity (Wildman–Crippen MR) is 63.0 cm³/mol. The first-order valence-corrected chi connectivity index (χ1v) is 6.21. The zero-order valence-electron chi connectivity index (χ0n) is 10.3. The highest BCUT2D eigenvalue weighted by molar-refractivity contribution is 4.77. The minimum absolute atomic E-state index is 0.0833. The van der Waals surface area contributed by atoms with Crippen LogP contribution in [0.5, 0.6) is 0 Å². The first kappa shape index (κ1) is 15.8. The van der Waals surface area contributed by atoms with E-state index in [0.717, 1.165) is 32.1 Å². The molecule has 0 aliphatic heterocycles. The van der Waals surface area contributed by atoms with Crippen molar-refractivity contribution in [1.82, 2.24) is 0 Å². The maximum absolute atomic E-state index is 9.35. The molecule has 1 saturated carbocycles. The second-order valence-electron chi connectivity index (χ2n) is 4.42. The Morgan fingerprint density at radius 1 is 1.12 bits per heavy atom. The van der Waals surface area contributed by atoms with Crippen LogP contribution >= 0.6 is 0 Å². The monoisotopic (exact) mass is 234 g/mol. The van der Waals surface area contributed by atoms with Gasteiger partial charge in [-0.2, -0.15) is 0 Å². The van der Waals surface area contributed by atoms with E-state index in [0.29, 0.717) is 0 Å². The Bertz CT molecular complexity index is 151. The van der Waals surface area contributed by atoms with E-state index in [-0.39, 0.29) is 18.6 Å². The normalized spacial score (nSPS) is 27.4. The molecule has 0 saturated heterocycles. The Balaban J connectivity index is 0.000000315. The molecule has 4 unspecified atom stereocenters. The van der Waals surface area contributed by atoms with Gasteiger partial charge in [0.15, 0.2) is 0 Å². The van der Waals surface area contributed by atoms with Crippen molar-refractivity contribution in [3.8, 4) is 0 Å². The van der Waals surface area contributed by atoms with Gasteiger partial charge in [0, 0.05) is 12.5 Å². The second-order valence-corrected chi connectivity index (χ2v) is 4.42. The van der Waals surface area contributed by atoms with Gasteiger partial charge in [0.25, 0.3) is 0 Å². The van der Waals surface area contributed by atoms with Gasteiger partial charge in [-0.1, -0.05) is 20.3 Å². The topological polar surface area (TPSA) is 80.9 Å². The molecule has 4 nitrogen and oxygen atoms in total. The Labute approximate surface area is 97.9 Å². The van der Waals surface area contributed by atoms with Crippen LogP contribution in [0.2, 0.25) is 0 Å². The average Bonchev–Trinajstić information content (AvgIpc) is 2.29. The van der Waals surface area contributed by atoms with E-state index < -0.39 is 12.2 Å². The first-order valence-electron chi connectivity index (χ1n) is 6.21. The number of aliphatic hydroxyl groups is 4. The minimum atomic E-state index is -0.412. The van der Waals surface area contributed by atoms with E-state index in [1.54, 1.807) is 0 Å². The van der Waals surface area contributed by atoms with Crippen molar-refractivity contribution >= 4 is 0 Å². The second kappa shape index (κ2) is 8.93. The van der Waals surface area contributed by atoms with Gasteiger partial charge in [0.1, 0.15) is 0 Å². The highest BCUT2D eigenvalue weighted by atomic mass is 16.3. The Kier molecular flexibility index (Phi) is 8.84. The summed E-state index contributed by atoms with van der Waals surface area (Å²) >= 11 is 0. The van der Waals surface area contributed by atoms with Gasteiger partial charge in [-0.15, -0.1) is 0 Å². The summed E-state index contributed by atoms with van der Waals surface area (Å²) in [5, 5.41) is 35.0. The minimum Gasteiger partial charge on any atom is -0.396 e. The summed E-state index contributed by atoms with van der Waals surface area (Å²) in [4.78, 5) is 0. The van der Waals surface area contributed by atoms with E-state index in [1.807, 2.05) is 13.8 Å². The molecule has 98 valence electrons. The zero-order chi connectivity index (χ0) is 12.6. The van der Waals surface area contributed by atoms with Crippen molar-refractivity contribution in [3.05, 3.63) is 0 Å². The van der Waals surface area contributed by atoms with Gasteiger partial charge in [-0.25, -0.2) is 0 Å². The Hall–Kier alpha value is -0.160. The van der Waals surface area contributed by atoms with Crippen LogP contribution in [0.4, 0.5) is 0 Å². The lowest BCUT2D eigenvalue weighted by molar-refractivity contribution is -0.0519. The molecule has 0 aromatic carbocycles. The van der Waals surface area contributed by atoms with Crippen LogP contribution < -0.4 is 0 Å². The third kappa shape index (κ3) is 5.80. The zero-order valence-corrected chi connectivity index (χ0v) is 10.3. The van der Waals surface area contributed by atoms with Gasteiger partial charge in [-0.3, -0.25) is 0 Å². The quantitative estimate of drug-likeness (QED) is 0.563. The summed E-state index contributed by atoms with van der Waals surface area (Å²) in [7, 11) is 0. The average molecular weight is 234 g/mol. The molecule has 1 fully saturated rings. The van der Waals surface area contributed by atoms with Gasteiger partial charge in [-0.05, 0) is 25.7 Å². The number of hydrogen-bond donors (Lipinski definition) is 4. The first-order chi connectivity index (χ1) is 7.56. The molecule has 0 aromatic heterocycles. The van der Waals surface area contributed by atoms with Crippen LogP contribution in [0.3, 0.4) is 0 Å². The van der Waals surface area contributed by atoms with Crippen molar-refractivity contribution in [1.29, 1.82) is 0 Å². The molecule has 0 amide bonds. The fourth-order valence-corrected chi connectivity index (χ4v) is 1.52. The van der Waals surface area contributed by atoms with Crippen molar-refractivity contribution in [2.45, 2.75) is 64.3 Å². The maximum atomic E-state index is 9.35. The van der Waals surface area contributed by atoms with Crippen LogP contribution in [-0.2, 0) is 0 Å². The third-order valence-corrected chi connectivity index (χ3v) is 3.09. The molecule has 0 bridgehead atoms. The van der Waals surface area contributed by atoms with E-state index >= 15 is 0 Å². The van der Waals surface area contributed by atoms with Crippen LogP contribution in [0.25, 0.3) is 0 Å². The van der Waals surface area contributed by atoms with Crippen molar-refractivity contribution < 1.29 is 20.4 Å². The summed E-state index contributed by atoms with van der Waals surface area (Å²) in [6, 6.07) is 0. The predicted octanol–water partition coefficient (Wildman–Crippen LogP) is 0.668. The largest absolute Gasteiger partial charge is 0.396 e. The molecule has 1 rings (SSSR count). The van der Waals surface area contributed by atoms with Crippen LogP contribution in [0.15, 0.2) is 0 Å². The van der Waals surface area contributed by atoms with Crippen LogP contribution in [-0.4, -0.2) is 45.3 Å². The smallest absolute Gasteiger partial charge is 0.0800 e. The van der Waals surface area contributed by atoms with E-state index in [1.165, 1.54) is 0 Å². The molecule has 0 spiro atoms. The number of aliphatic hydroxyl groups excluding tert-OH is 4. The molecule has 0 radical (unpaired) electrons. The van der Waals surface area contributed by atoms with Crippen molar-refractivity contribution in [2.75, 3.05) is 6.61 Å². The summed E-state index contributed by atoms with van der Waals surface area (Å²) in [6.07, 6.45) is 3.08. The lowest BCUT2D eigenvalue weighted by atomic mass is 9.93. The molecule has 1 aliphatic carbocycles. The lowest BCUT2D eigenvalue weighted by Crippen LogP contribution is -2.35. The Morgan fingerprint density at radius 2 is 1.62 bits per heavy atom. The van der Waals surface area contributed by atoms with E-state index in [4.69, 9.17) is 15.3 Å².